The highest BCUT2D eigenvalue weighted by Gasteiger charge is 2.38. The number of hydrogen-bond acceptors (Lipinski definition) is 5. The van der Waals surface area contributed by atoms with E-state index < -0.39 is 6.04 Å². The van der Waals surface area contributed by atoms with Gasteiger partial charge in [-0.15, -0.1) is 0 Å². The Balaban J connectivity index is 1.62. The lowest BCUT2D eigenvalue weighted by molar-refractivity contribution is -0.139. The molecular weight excluding hydrogens is 483 g/mol. The lowest BCUT2D eigenvalue weighted by Gasteiger charge is -2.35. The van der Waals surface area contributed by atoms with Gasteiger partial charge in [-0.2, -0.15) is 0 Å². The molecule has 0 radical (unpaired) electrons. The fourth-order valence-corrected chi connectivity index (χ4v) is 6.01. The van der Waals surface area contributed by atoms with E-state index in [1.54, 1.807) is 33.2 Å². The molecule has 1 saturated heterocycles. The van der Waals surface area contributed by atoms with Gasteiger partial charge in [0.1, 0.15) is 11.9 Å². The summed E-state index contributed by atoms with van der Waals surface area (Å²) in [6.45, 7) is 3.05. The molecule has 1 aliphatic heterocycles. The highest BCUT2D eigenvalue weighted by molar-refractivity contribution is 5.96. The zero-order valence-corrected chi connectivity index (χ0v) is 22.7. The molecule has 8 nitrogen and oxygen atoms in total. The molecule has 4 N–H and O–H groups in total. The molecule has 0 bridgehead atoms. The van der Waals surface area contributed by atoms with Gasteiger partial charge in [-0.1, -0.05) is 19.3 Å². The zero-order chi connectivity index (χ0) is 27.2. The number of allylic oxidation sites excluding steroid dienone is 1. The van der Waals surface area contributed by atoms with Crippen LogP contribution in [0.2, 0.25) is 0 Å². The molecule has 2 aliphatic rings. The fourth-order valence-electron chi connectivity index (χ4n) is 6.01. The maximum atomic E-state index is 14.2. The van der Waals surface area contributed by atoms with Crippen molar-refractivity contribution in [2.45, 2.75) is 76.5 Å². The first kappa shape index (κ1) is 27.8. The Morgan fingerprint density at radius 3 is 2.61 bits per heavy atom. The Bertz CT molecular complexity index is 1190. The number of hydrogen-bond donors (Lipinski definition) is 4. The number of halogens is 1. The van der Waals surface area contributed by atoms with Crippen molar-refractivity contribution in [2.75, 3.05) is 20.6 Å². The number of carbonyl (C=O) groups is 2. The Hall–Kier alpha value is -3.20. The smallest absolute Gasteiger partial charge is 0.245 e. The van der Waals surface area contributed by atoms with Crippen LogP contribution in [-0.2, 0) is 16.1 Å². The van der Waals surface area contributed by atoms with E-state index in [2.05, 4.69) is 20.5 Å². The Labute approximate surface area is 224 Å². The van der Waals surface area contributed by atoms with Crippen LogP contribution in [0, 0.1) is 17.1 Å². The summed E-state index contributed by atoms with van der Waals surface area (Å²) in [4.78, 5) is 28.8. The normalized spacial score (nSPS) is 20.4. The van der Waals surface area contributed by atoms with Gasteiger partial charge in [0.25, 0.3) is 0 Å². The first-order valence-corrected chi connectivity index (χ1v) is 13.8. The van der Waals surface area contributed by atoms with E-state index in [-0.39, 0.29) is 35.6 Å². The van der Waals surface area contributed by atoms with Crippen molar-refractivity contribution < 1.29 is 14.0 Å². The van der Waals surface area contributed by atoms with Crippen molar-refractivity contribution in [1.29, 1.82) is 5.41 Å². The van der Waals surface area contributed by atoms with Crippen molar-refractivity contribution in [3.63, 3.8) is 0 Å². The van der Waals surface area contributed by atoms with Crippen molar-refractivity contribution in [3.05, 3.63) is 41.9 Å². The van der Waals surface area contributed by atoms with Crippen molar-refractivity contribution in [1.82, 2.24) is 25.4 Å². The maximum Gasteiger partial charge on any atom is 0.245 e. The molecule has 1 aromatic carbocycles. The summed E-state index contributed by atoms with van der Waals surface area (Å²) < 4.78 is 16.3. The van der Waals surface area contributed by atoms with Crippen molar-refractivity contribution >= 4 is 34.6 Å². The fraction of sp³-hybridized carbons (Fsp3) is 0.552. The summed E-state index contributed by atoms with van der Waals surface area (Å²) in [5, 5.41) is 17.5. The second kappa shape index (κ2) is 12.6. The predicted molar refractivity (Wildman–Crippen MR) is 149 cm³/mol. The number of likely N-dealkylation sites (tertiary alicyclic amines) is 1. The predicted octanol–water partition coefficient (Wildman–Crippen LogP) is 3.65. The molecule has 3 unspecified atom stereocenters. The van der Waals surface area contributed by atoms with E-state index in [9.17, 15) is 14.0 Å². The maximum absolute atomic E-state index is 14.2. The first-order valence-electron chi connectivity index (χ1n) is 13.8. The van der Waals surface area contributed by atoms with Crippen LogP contribution in [0.25, 0.3) is 16.6 Å². The highest BCUT2D eigenvalue weighted by atomic mass is 19.1. The molecule has 2 amide bonds. The number of carbonyl (C=O) groups excluding carboxylic acids is 2. The Kier molecular flexibility index (Phi) is 9.20. The van der Waals surface area contributed by atoms with Crippen LogP contribution in [0.1, 0.15) is 57.4 Å². The third kappa shape index (κ3) is 5.93. The molecule has 0 spiro atoms. The zero-order valence-electron chi connectivity index (χ0n) is 22.7. The Morgan fingerprint density at radius 1 is 1.16 bits per heavy atom. The molecule has 9 heteroatoms. The van der Waals surface area contributed by atoms with Gasteiger partial charge in [0, 0.05) is 60.8 Å². The molecule has 38 heavy (non-hydrogen) atoms. The van der Waals surface area contributed by atoms with E-state index in [1.807, 2.05) is 11.1 Å². The van der Waals surface area contributed by atoms with E-state index in [0.717, 1.165) is 60.7 Å². The van der Waals surface area contributed by atoms with E-state index in [1.165, 1.54) is 24.8 Å². The molecule has 3 atom stereocenters. The summed E-state index contributed by atoms with van der Waals surface area (Å²) >= 11 is 0. The van der Waals surface area contributed by atoms with Crippen LogP contribution >= 0.6 is 0 Å². The molecule has 2 aromatic rings. The van der Waals surface area contributed by atoms with Gasteiger partial charge < -0.3 is 30.8 Å². The minimum absolute atomic E-state index is 0.0124. The molecule has 1 aliphatic carbocycles. The van der Waals surface area contributed by atoms with E-state index in [0.29, 0.717) is 13.1 Å². The van der Waals surface area contributed by atoms with Crippen LogP contribution in [0.15, 0.2) is 30.5 Å². The number of fused-ring (bicyclic) bond motifs is 1. The van der Waals surface area contributed by atoms with E-state index >= 15 is 0 Å². The molecule has 1 aromatic heterocycles. The molecule has 4 rings (SSSR count). The van der Waals surface area contributed by atoms with Gasteiger partial charge in [0.05, 0.1) is 6.04 Å². The average Bonchev–Trinajstić information content (AvgIpc) is 3.54. The highest BCUT2D eigenvalue weighted by Crippen LogP contribution is 2.32. The van der Waals surface area contributed by atoms with Crippen LogP contribution < -0.4 is 16.0 Å². The lowest BCUT2D eigenvalue weighted by Crippen LogP contribution is -2.56. The average molecular weight is 525 g/mol. The number of nitrogens with one attached hydrogen (secondary N) is 4. The number of aromatic nitrogens is 1. The number of likely N-dealkylation sites (N-methyl/N-ethyl adjacent to an activating group) is 1. The SMILES string of the molecule is CN/C(=C\C=N)c1cn(CC2CCCN2C(=O)C(NC(=O)C(C)NC)C2CCCCC2)c2ccc(F)cc12. The summed E-state index contributed by atoms with van der Waals surface area (Å²) in [5.74, 6) is -0.301. The third-order valence-corrected chi connectivity index (χ3v) is 8.23. The number of amides is 2. The minimum atomic E-state index is -0.517. The number of benzene rings is 1. The molecular formula is C29H41FN6O2. The molecule has 2 fully saturated rings. The van der Waals surface area contributed by atoms with E-state index in [4.69, 9.17) is 5.41 Å². The first-order chi connectivity index (χ1) is 18.4. The van der Waals surface area contributed by atoms with Crippen molar-refractivity contribution in [2.24, 2.45) is 5.92 Å². The van der Waals surface area contributed by atoms with Crippen molar-refractivity contribution in [3.8, 4) is 0 Å². The number of nitrogens with zero attached hydrogens (tertiary/aromatic N) is 2. The van der Waals surface area contributed by atoms with Gasteiger partial charge in [-0.3, -0.25) is 9.59 Å². The van der Waals surface area contributed by atoms with Gasteiger partial charge in [-0.05, 0) is 69.8 Å². The Morgan fingerprint density at radius 2 is 1.92 bits per heavy atom. The lowest BCUT2D eigenvalue weighted by atomic mass is 9.83. The van der Waals surface area contributed by atoms with Crippen LogP contribution in [-0.4, -0.2) is 66.3 Å². The molecule has 2 heterocycles. The number of rotatable bonds is 10. The summed E-state index contributed by atoms with van der Waals surface area (Å²) in [7, 11) is 3.53. The molecule has 1 saturated carbocycles. The van der Waals surface area contributed by atoms with Gasteiger partial charge in [0.15, 0.2) is 0 Å². The largest absolute Gasteiger partial charge is 0.388 e. The second-order valence-electron chi connectivity index (χ2n) is 10.6. The molecule has 206 valence electrons. The van der Waals surface area contributed by atoms with Gasteiger partial charge in [0.2, 0.25) is 11.8 Å². The standard InChI is InChI=1S/C29H41FN6O2/c1-19(32-2)28(37)34-27(20-8-5-4-6-9-20)29(38)36-15-7-10-22(36)17-35-18-24(25(33-3)13-14-31)23-16-21(30)11-12-26(23)35/h11-14,16,18-20,22,27,31-33H,4-10,15,17H2,1-3H3,(H,34,37)/b25-13-,31-14?. The van der Waals surface area contributed by atoms with Gasteiger partial charge >= 0.3 is 0 Å². The van der Waals surface area contributed by atoms with Crippen LogP contribution in [0.3, 0.4) is 0 Å². The summed E-state index contributed by atoms with van der Waals surface area (Å²) in [5.41, 5.74) is 2.43. The van der Waals surface area contributed by atoms with Gasteiger partial charge in [-0.25, -0.2) is 4.39 Å². The van der Waals surface area contributed by atoms with Crippen LogP contribution in [0.5, 0.6) is 0 Å². The second-order valence-corrected chi connectivity index (χ2v) is 10.6. The quantitative estimate of drug-likeness (QED) is 0.356. The monoisotopic (exact) mass is 524 g/mol. The topological polar surface area (TPSA) is 102 Å². The summed E-state index contributed by atoms with van der Waals surface area (Å²) in [6.07, 6.45) is 11.9. The third-order valence-electron chi connectivity index (χ3n) is 8.23. The minimum Gasteiger partial charge on any atom is -0.388 e. The van der Waals surface area contributed by atoms with Crippen LogP contribution in [0.4, 0.5) is 4.39 Å². The summed E-state index contributed by atoms with van der Waals surface area (Å²) in [6, 6.07) is 3.84.